The number of aryl methyl sites for hydroxylation is 1. The number of anilines is 1. The number of unbranched alkanes of at least 4 members (excludes halogenated alkanes) is 1. The predicted molar refractivity (Wildman–Crippen MR) is 91.0 cm³/mol. The number of nitrogens with two attached hydrogens (primary N) is 1. The summed E-state index contributed by atoms with van der Waals surface area (Å²) in [5, 5.41) is 3.35. The molecule has 0 bridgehead atoms. The van der Waals surface area contributed by atoms with E-state index in [2.05, 4.69) is 46.3 Å². The lowest BCUT2D eigenvalue weighted by molar-refractivity contribution is 0.252. The number of nitrogens with one attached hydrogen (secondary N) is 1. The molecular weight excluding hydrogens is 260 g/mol. The van der Waals surface area contributed by atoms with Gasteiger partial charge >= 0.3 is 0 Å². The van der Waals surface area contributed by atoms with Gasteiger partial charge in [0.1, 0.15) is 0 Å². The number of hydrogen-bond donors (Lipinski definition) is 2. The number of piperazine rings is 1. The Morgan fingerprint density at radius 1 is 1.10 bits per heavy atom. The molecule has 1 heterocycles. The summed E-state index contributed by atoms with van der Waals surface area (Å²) in [6.45, 7) is 10.8. The van der Waals surface area contributed by atoms with Crippen LogP contribution in [0.25, 0.3) is 0 Å². The molecule has 21 heavy (non-hydrogen) atoms. The first-order chi connectivity index (χ1) is 10.3. The summed E-state index contributed by atoms with van der Waals surface area (Å²) in [5.41, 5.74) is 8.18. The van der Waals surface area contributed by atoms with Crippen molar-refractivity contribution in [2.45, 2.75) is 19.8 Å². The van der Waals surface area contributed by atoms with E-state index in [4.69, 9.17) is 5.73 Å². The van der Waals surface area contributed by atoms with Crippen LogP contribution in [0.15, 0.2) is 24.3 Å². The van der Waals surface area contributed by atoms with Crippen molar-refractivity contribution in [3.05, 3.63) is 29.8 Å². The zero-order chi connectivity index (χ0) is 14.9. The third-order valence-electron chi connectivity index (χ3n) is 4.14. The summed E-state index contributed by atoms with van der Waals surface area (Å²) in [6.07, 6.45) is 2.53. The summed E-state index contributed by atoms with van der Waals surface area (Å²) in [5.74, 6) is 0. The molecule has 1 fully saturated rings. The highest BCUT2D eigenvalue weighted by Gasteiger charge is 2.16. The van der Waals surface area contributed by atoms with Gasteiger partial charge in [0.15, 0.2) is 0 Å². The van der Waals surface area contributed by atoms with Gasteiger partial charge in [0.25, 0.3) is 0 Å². The Morgan fingerprint density at radius 3 is 2.62 bits per heavy atom. The van der Waals surface area contributed by atoms with Crippen LogP contribution in [0.2, 0.25) is 0 Å². The lowest BCUT2D eigenvalue weighted by atomic mass is 10.2. The quantitative estimate of drug-likeness (QED) is 0.711. The Labute approximate surface area is 129 Å². The van der Waals surface area contributed by atoms with Crippen LogP contribution >= 0.6 is 0 Å². The average molecular weight is 290 g/mol. The number of nitrogens with zero attached hydrogens (tertiary/aromatic N) is 2. The maximum atomic E-state index is 5.46. The van der Waals surface area contributed by atoms with Gasteiger partial charge in [0.05, 0.1) is 0 Å². The van der Waals surface area contributed by atoms with E-state index in [0.29, 0.717) is 0 Å². The van der Waals surface area contributed by atoms with Crippen LogP contribution in [0, 0.1) is 6.92 Å². The first-order valence-corrected chi connectivity index (χ1v) is 8.24. The number of hydrogen-bond acceptors (Lipinski definition) is 4. The van der Waals surface area contributed by atoms with Crippen molar-refractivity contribution in [3.8, 4) is 0 Å². The van der Waals surface area contributed by atoms with Gasteiger partial charge in [-0.25, -0.2) is 0 Å². The van der Waals surface area contributed by atoms with Crippen LogP contribution in [0.4, 0.5) is 5.69 Å². The third-order valence-corrected chi connectivity index (χ3v) is 4.14. The normalized spacial score (nSPS) is 16.4. The van der Waals surface area contributed by atoms with Gasteiger partial charge in [-0.15, -0.1) is 0 Å². The predicted octanol–water partition coefficient (Wildman–Crippen LogP) is 1.45. The molecule has 0 radical (unpaired) electrons. The minimum Gasteiger partial charge on any atom is -0.369 e. The molecule has 2 rings (SSSR count). The Morgan fingerprint density at radius 2 is 1.90 bits per heavy atom. The molecule has 118 valence electrons. The smallest absolute Gasteiger partial charge is 0.0369 e. The first-order valence-electron chi connectivity index (χ1n) is 8.24. The van der Waals surface area contributed by atoms with Crippen LogP contribution < -0.4 is 16.0 Å². The molecule has 1 aromatic rings. The fraction of sp³-hybridized carbons (Fsp3) is 0.647. The lowest BCUT2D eigenvalue weighted by Gasteiger charge is -2.36. The van der Waals surface area contributed by atoms with Gasteiger partial charge in [0, 0.05) is 45.0 Å². The second kappa shape index (κ2) is 9.03. The molecule has 3 N–H and O–H groups in total. The van der Waals surface area contributed by atoms with Gasteiger partial charge in [-0.1, -0.05) is 12.1 Å². The van der Waals surface area contributed by atoms with Gasteiger partial charge in [-0.05, 0) is 50.6 Å². The molecule has 0 aromatic heterocycles. The van der Waals surface area contributed by atoms with Crippen molar-refractivity contribution < 1.29 is 0 Å². The average Bonchev–Trinajstić information content (AvgIpc) is 2.51. The second-order valence-electron chi connectivity index (χ2n) is 5.91. The van der Waals surface area contributed by atoms with E-state index >= 15 is 0 Å². The maximum absolute atomic E-state index is 5.46. The van der Waals surface area contributed by atoms with E-state index in [9.17, 15) is 0 Å². The first kappa shape index (κ1) is 16.3. The molecule has 4 heteroatoms. The van der Waals surface area contributed by atoms with E-state index in [1.54, 1.807) is 0 Å². The third kappa shape index (κ3) is 5.65. The molecule has 0 atom stereocenters. The van der Waals surface area contributed by atoms with E-state index in [1.165, 1.54) is 43.7 Å². The Kier molecular flexibility index (Phi) is 7.00. The van der Waals surface area contributed by atoms with Gasteiger partial charge in [-0.3, -0.25) is 4.90 Å². The van der Waals surface area contributed by atoms with E-state index in [-0.39, 0.29) is 0 Å². The van der Waals surface area contributed by atoms with Crippen molar-refractivity contribution in [3.63, 3.8) is 0 Å². The van der Waals surface area contributed by atoms with Crippen molar-refractivity contribution >= 4 is 5.69 Å². The molecule has 1 saturated heterocycles. The minimum atomic E-state index is 0.737. The van der Waals surface area contributed by atoms with Crippen LogP contribution in [-0.2, 0) is 0 Å². The van der Waals surface area contributed by atoms with Crippen LogP contribution in [0.3, 0.4) is 0 Å². The molecule has 0 amide bonds. The monoisotopic (exact) mass is 290 g/mol. The molecule has 1 aliphatic heterocycles. The minimum absolute atomic E-state index is 0.737. The number of benzene rings is 1. The van der Waals surface area contributed by atoms with Gasteiger partial charge in [-0.2, -0.15) is 0 Å². The summed E-state index contributed by atoms with van der Waals surface area (Å²) >= 11 is 0. The highest BCUT2D eigenvalue weighted by molar-refractivity contribution is 5.48. The number of rotatable bonds is 8. The van der Waals surface area contributed by atoms with Crippen molar-refractivity contribution in [2.24, 2.45) is 5.73 Å². The SMILES string of the molecule is Cc1cccc(N2CCN(CCCCNCCN)CC2)c1. The van der Waals surface area contributed by atoms with Gasteiger partial charge in [0.2, 0.25) is 0 Å². The van der Waals surface area contributed by atoms with E-state index in [0.717, 1.165) is 32.7 Å². The lowest BCUT2D eigenvalue weighted by Crippen LogP contribution is -2.46. The summed E-state index contributed by atoms with van der Waals surface area (Å²) in [6, 6.07) is 8.84. The highest BCUT2D eigenvalue weighted by atomic mass is 15.3. The fourth-order valence-electron chi connectivity index (χ4n) is 2.87. The van der Waals surface area contributed by atoms with Crippen molar-refractivity contribution in [2.75, 3.05) is 57.3 Å². The van der Waals surface area contributed by atoms with Crippen molar-refractivity contribution in [1.29, 1.82) is 0 Å². The van der Waals surface area contributed by atoms with Crippen molar-refractivity contribution in [1.82, 2.24) is 10.2 Å². The Hall–Kier alpha value is -1.10. The highest BCUT2D eigenvalue weighted by Crippen LogP contribution is 2.17. The molecule has 0 saturated carbocycles. The van der Waals surface area contributed by atoms with E-state index < -0.39 is 0 Å². The molecule has 0 unspecified atom stereocenters. The molecule has 0 aliphatic carbocycles. The second-order valence-corrected chi connectivity index (χ2v) is 5.91. The largest absolute Gasteiger partial charge is 0.369 e. The molecular formula is C17H30N4. The van der Waals surface area contributed by atoms with Gasteiger partial charge < -0.3 is 16.0 Å². The summed E-state index contributed by atoms with van der Waals surface area (Å²) in [4.78, 5) is 5.10. The standard InChI is InChI=1S/C17H30N4/c1-16-5-4-6-17(15-16)21-13-11-20(12-14-21)10-3-2-8-19-9-7-18/h4-6,15,19H,2-3,7-14,18H2,1H3. The zero-order valence-corrected chi connectivity index (χ0v) is 13.4. The maximum Gasteiger partial charge on any atom is 0.0369 e. The van der Waals surface area contributed by atoms with Crippen LogP contribution in [-0.4, -0.2) is 57.3 Å². The zero-order valence-electron chi connectivity index (χ0n) is 13.4. The Bertz CT molecular complexity index is 400. The summed E-state index contributed by atoms with van der Waals surface area (Å²) < 4.78 is 0. The summed E-state index contributed by atoms with van der Waals surface area (Å²) in [7, 11) is 0. The Balaban J connectivity index is 1.62. The molecule has 0 spiro atoms. The fourth-order valence-corrected chi connectivity index (χ4v) is 2.87. The molecule has 4 nitrogen and oxygen atoms in total. The molecule has 1 aromatic carbocycles. The topological polar surface area (TPSA) is 44.5 Å². The van der Waals surface area contributed by atoms with E-state index in [1.807, 2.05) is 0 Å². The molecule has 1 aliphatic rings. The van der Waals surface area contributed by atoms with Crippen LogP contribution in [0.1, 0.15) is 18.4 Å². The van der Waals surface area contributed by atoms with Crippen LogP contribution in [0.5, 0.6) is 0 Å².